The maximum atomic E-state index is 11.6. The van der Waals surface area contributed by atoms with Crippen molar-refractivity contribution in [2.45, 2.75) is 0 Å². The summed E-state index contributed by atoms with van der Waals surface area (Å²) in [6, 6.07) is 7.42. The van der Waals surface area contributed by atoms with E-state index in [1.807, 2.05) is 24.3 Å². The number of nitrogens with one attached hydrogen (secondary N) is 2. The fraction of sp³-hybridized carbons (Fsp3) is 0.167. The van der Waals surface area contributed by atoms with Crippen LogP contribution < -0.4 is 5.32 Å². The van der Waals surface area contributed by atoms with Gasteiger partial charge < -0.3 is 10.3 Å². The fourth-order valence-corrected chi connectivity index (χ4v) is 1.50. The van der Waals surface area contributed by atoms with Gasteiger partial charge in [0.25, 0.3) is 0 Å². The summed E-state index contributed by atoms with van der Waals surface area (Å²) in [6.45, 7) is 0.361. The van der Waals surface area contributed by atoms with Gasteiger partial charge in [0.2, 0.25) is 0 Å². The third kappa shape index (κ3) is 2.17. The molecule has 4 nitrogen and oxygen atoms in total. The molecule has 0 saturated heterocycles. The van der Waals surface area contributed by atoms with Crippen LogP contribution in [0.4, 0.5) is 0 Å². The summed E-state index contributed by atoms with van der Waals surface area (Å²) in [5.41, 5.74) is 1.69. The largest absolute Gasteiger partial charge is 0.345 e. The Labute approximate surface area is 93.7 Å². The summed E-state index contributed by atoms with van der Waals surface area (Å²) < 4.78 is 0. The molecule has 0 spiro atoms. The summed E-state index contributed by atoms with van der Waals surface area (Å²) in [4.78, 5) is 18.7. The number of ketones is 1. The van der Waals surface area contributed by atoms with Gasteiger partial charge in [0.1, 0.15) is 5.82 Å². The lowest BCUT2D eigenvalue weighted by Crippen LogP contribution is -2.18. The summed E-state index contributed by atoms with van der Waals surface area (Å²) >= 11 is 0. The van der Waals surface area contributed by atoms with Crippen molar-refractivity contribution in [2.24, 2.45) is 0 Å². The number of hydrogen-bond acceptors (Lipinski definition) is 3. The molecule has 0 atom stereocenters. The molecule has 82 valence electrons. The number of imidazole rings is 1. The fourth-order valence-electron chi connectivity index (χ4n) is 1.50. The van der Waals surface area contributed by atoms with Crippen molar-refractivity contribution in [2.75, 3.05) is 13.6 Å². The highest BCUT2D eigenvalue weighted by molar-refractivity contribution is 5.97. The molecule has 1 heterocycles. The Bertz CT molecular complexity index is 460. The van der Waals surface area contributed by atoms with Crippen molar-refractivity contribution in [3.8, 4) is 11.4 Å². The number of carbonyl (C=O) groups is 1. The van der Waals surface area contributed by atoms with E-state index in [0.29, 0.717) is 12.1 Å². The van der Waals surface area contributed by atoms with E-state index in [-0.39, 0.29) is 5.78 Å². The van der Waals surface area contributed by atoms with Crippen molar-refractivity contribution in [1.29, 1.82) is 0 Å². The molecule has 0 aliphatic heterocycles. The molecule has 0 aliphatic rings. The van der Waals surface area contributed by atoms with E-state index in [1.165, 1.54) is 0 Å². The van der Waals surface area contributed by atoms with Crippen molar-refractivity contribution in [3.05, 3.63) is 42.2 Å². The molecule has 16 heavy (non-hydrogen) atoms. The quantitative estimate of drug-likeness (QED) is 0.759. The molecule has 0 unspecified atom stereocenters. The normalized spacial score (nSPS) is 10.3. The number of rotatable bonds is 4. The molecule has 0 radical (unpaired) electrons. The first-order valence-electron chi connectivity index (χ1n) is 5.09. The monoisotopic (exact) mass is 215 g/mol. The van der Waals surface area contributed by atoms with Crippen LogP contribution in [-0.4, -0.2) is 29.3 Å². The highest BCUT2D eigenvalue weighted by Gasteiger charge is 2.05. The molecule has 0 fully saturated rings. The Balaban J connectivity index is 2.20. The predicted octanol–water partition coefficient (Wildman–Crippen LogP) is 1.48. The molecule has 1 aromatic heterocycles. The molecular weight excluding hydrogens is 202 g/mol. The molecule has 0 amide bonds. The lowest BCUT2D eigenvalue weighted by molar-refractivity contribution is 0.0993. The number of likely N-dealkylation sites (N-methyl/N-ethyl adjacent to an activating group) is 1. The summed E-state index contributed by atoms with van der Waals surface area (Å²) in [6.07, 6.45) is 3.48. The van der Waals surface area contributed by atoms with Crippen LogP contribution in [0.2, 0.25) is 0 Å². The Kier molecular flexibility index (Phi) is 3.12. The van der Waals surface area contributed by atoms with E-state index in [1.54, 1.807) is 19.4 Å². The zero-order valence-corrected chi connectivity index (χ0v) is 9.03. The zero-order chi connectivity index (χ0) is 11.4. The highest BCUT2D eigenvalue weighted by atomic mass is 16.1. The minimum atomic E-state index is 0.0912. The second-order valence-corrected chi connectivity index (χ2v) is 3.47. The minimum absolute atomic E-state index is 0.0912. The van der Waals surface area contributed by atoms with Gasteiger partial charge in [0, 0.05) is 23.5 Å². The van der Waals surface area contributed by atoms with Crippen LogP contribution in [0, 0.1) is 0 Å². The number of aromatic nitrogens is 2. The predicted molar refractivity (Wildman–Crippen MR) is 62.3 cm³/mol. The zero-order valence-electron chi connectivity index (χ0n) is 9.03. The summed E-state index contributed by atoms with van der Waals surface area (Å²) in [5, 5.41) is 2.84. The SMILES string of the molecule is CNCC(=O)c1ccc(-c2ncc[nH]2)cc1. The van der Waals surface area contributed by atoms with E-state index < -0.39 is 0 Å². The number of nitrogens with zero attached hydrogens (tertiary/aromatic N) is 1. The molecular formula is C12H13N3O. The van der Waals surface area contributed by atoms with Gasteiger partial charge >= 0.3 is 0 Å². The third-order valence-corrected chi connectivity index (χ3v) is 2.32. The van der Waals surface area contributed by atoms with Gasteiger partial charge in [-0.1, -0.05) is 24.3 Å². The van der Waals surface area contributed by atoms with E-state index in [0.717, 1.165) is 11.4 Å². The van der Waals surface area contributed by atoms with Crippen molar-refractivity contribution in [3.63, 3.8) is 0 Å². The number of hydrogen-bond donors (Lipinski definition) is 2. The number of aromatic amines is 1. The van der Waals surface area contributed by atoms with Gasteiger partial charge in [-0.25, -0.2) is 4.98 Å². The first-order valence-corrected chi connectivity index (χ1v) is 5.09. The smallest absolute Gasteiger partial charge is 0.176 e. The van der Waals surface area contributed by atoms with Crippen LogP contribution in [0.25, 0.3) is 11.4 Å². The van der Waals surface area contributed by atoms with Gasteiger partial charge in [-0.3, -0.25) is 4.79 Å². The first kappa shape index (κ1) is 10.6. The lowest BCUT2D eigenvalue weighted by atomic mass is 10.1. The molecule has 2 aromatic rings. The van der Waals surface area contributed by atoms with Gasteiger partial charge in [-0.15, -0.1) is 0 Å². The molecule has 4 heteroatoms. The maximum Gasteiger partial charge on any atom is 0.176 e. The van der Waals surface area contributed by atoms with Gasteiger partial charge in [-0.2, -0.15) is 0 Å². The standard InChI is InChI=1S/C12H13N3O/c1-13-8-11(16)9-2-4-10(5-3-9)12-14-6-7-15-12/h2-7,13H,8H2,1H3,(H,14,15). The second-order valence-electron chi connectivity index (χ2n) is 3.47. The van der Waals surface area contributed by atoms with Crippen LogP contribution in [0.1, 0.15) is 10.4 Å². The Hall–Kier alpha value is -1.94. The molecule has 1 aromatic carbocycles. The molecule has 0 saturated carbocycles. The van der Waals surface area contributed by atoms with Crippen LogP contribution in [-0.2, 0) is 0 Å². The minimum Gasteiger partial charge on any atom is -0.345 e. The van der Waals surface area contributed by atoms with Gasteiger partial charge in [0.15, 0.2) is 5.78 Å². The van der Waals surface area contributed by atoms with E-state index in [9.17, 15) is 4.79 Å². The Morgan fingerprint density at radius 3 is 2.69 bits per heavy atom. The van der Waals surface area contributed by atoms with Crippen LogP contribution in [0.3, 0.4) is 0 Å². The first-order chi connectivity index (χ1) is 7.81. The summed E-state index contributed by atoms with van der Waals surface area (Å²) in [7, 11) is 1.76. The van der Waals surface area contributed by atoms with E-state index >= 15 is 0 Å². The number of carbonyl (C=O) groups excluding carboxylic acids is 1. The van der Waals surface area contributed by atoms with Gasteiger partial charge in [-0.05, 0) is 7.05 Å². The highest BCUT2D eigenvalue weighted by Crippen LogP contribution is 2.15. The summed E-state index contributed by atoms with van der Waals surface area (Å²) in [5.74, 6) is 0.904. The van der Waals surface area contributed by atoms with Crippen LogP contribution >= 0.6 is 0 Å². The van der Waals surface area contributed by atoms with Crippen LogP contribution in [0.5, 0.6) is 0 Å². The van der Waals surface area contributed by atoms with E-state index in [4.69, 9.17) is 0 Å². The third-order valence-electron chi connectivity index (χ3n) is 2.32. The maximum absolute atomic E-state index is 11.6. The Morgan fingerprint density at radius 2 is 2.12 bits per heavy atom. The van der Waals surface area contributed by atoms with E-state index in [2.05, 4.69) is 15.3 Å². The molecule has 2 N–H and O–H groups in total. The number of benzene rings is 1. The van der Waals surface area contributed by atoms with Crippen molar-refractivity contribution in [1.82, 2.24) is 15.3 Å². The van der Waals surface area contributed by atoms with Gasteiger partial charge in [0.05, 0.1) is 6.54 Å². The lowest BCUT2D eigenvalue weighted by Gasteiger charge is -2.01. The van der Waals surface area contributed by atoms with Crippen molar-refractivity contribution < 1.29 is 4.79 Å². The number of Topliss-reactive ketones (excluding diaryl/α,β-unsaturated/α-hetero) is 1. The van der Waals surface area contributed by atoms with Crippen molar-refractivity contribution >= 4 is 5.78 Å². The average molecular weight is 215 g/mol. The molecule has 0 bridgehead atoms. The topological polar surface area (TPSA) is 57.8 Å². The Morgan fingerprint density at radius 1 is 1.38 bits per heavy atom. The molecule has 2 rings (SSSR count). The van der Waals surface area contributed by atoms with Crippen LogP contribution in [0.15, 0.2) is 36.7 Å². The average Bonchev–Trinajstić information content (AvgIpc) is 2.83. The number of H-pyrrole nitrogens is 1. The molecule has 0 aliphatic carbocycles. The second kappa shape index (κ2) is 4.72.